The monoisotopic (exact) mass is 262 g/mol. The molecule has 1 heterocycles. The third-order valence-electron chi connectivity index (χ3n) is 3.50. The lowest BCUT2D eigenvalue weighted by atomic mass is 10.1. The Kier molecular flexibility index (Phi) is 5.36. The number of aliphatic hydroxyl groups excluding tert-OH is 1. The Morgan fingerprint density at radius 2 is 2.11 bits per heavy atom. The Bertz CT molecular complexity index is 394. The minimum atomic E-state index is 0.148. The average Bonchev–Trinajstić information content (AvgIpc) is 2.84. The van der Waals surface area contributed by atoms with E-state index < -0.39 is 0 Å². The van der Waals surface area contributed by atoms with Crippen LogP contribution in [0.1, 0.15) is 30.9 Å². The first-order valence-corrected chi connectivity index (χ1v) is 6.98. The fourth-order valence-corrected chi connectivity index (χ4v) is 2.45. The molecule has 1 saturated heterocycles. The van der Waals surface area contributed by atoms with Crippen molar-refractivity contribution < 1.29 is 9.90 Å². The van der Waals surface area contributed by atoms with Crippen LogP contribution in [0.5, 0.6) is 0 Å². The summed E-state index contributed by atoms with van der Waals surface area (Å²) in [5, 5.41) is 12.3. The molecule has 1 amide bonds. The van der Waals surface area contributed by atoms with Gasteiger partial charge in [0.15, 0.2) is 0 Å². The Labute approximate surface area is 114 Å². The number of carbonyl (C=O) groups is 1. The lowest BCUT2D eigenvalue weighted by Crippen LogP contribution is -2.36. The van der Waals surface area contributed by atoms with Crippen LogP contribution >= 0.6 is 0 Å². The molecule has 4 nitrogen and oxygen atoms in total. The second-order valence-electron chi connectivity index (χ2n) is 4.94. The van der Waals surface area contributed by atoms with Crippen molar-refractivity contribution in [3.8, 4) is 0 Å². The summed E-state index contributed by atoms with van der Waals surface area (Å²) in [6.45, 7) is 2.54. The van der Waals surface area contributed by atoms with Gasteiger partial charge in [-0.25, -0.2) is 0 Å². The van der Waals surface area contributed by atoms with E-state index in [4.69, 9.17) is 5.11 Å². The predicted molar refractivity (Wildman–Crippen MR) is 74.7 cm³/mol. The molecule has 1 atom stereocenters. The summed E-state index contributed by atoms with van der Waals surface area (Å²) < 4.78 is 0. The van der Waals surface area contributed by atoms with Crippen LogP contribution in [0, 0.1) is 0 Å². The minimum absolute atomic E-state index is 0.148. The molecule has 2 rings (SSSR count). The SMILES string of the molecule is O=C1CCCN1CC(NCCCO)c1ccccc1. The number of carbonyl (C=O) groups excluding carboxylic acids is 1. The van der Waals surface area contributed by atoms with Gasteiger partial charge in [-0.05, 0) is 24.9 Å². The van der Waals surface area contributed by atoms with Crippen molar-refractivity contribution in [3.63, 3.8) is 0 Å². The molecule has 1 fully saturated rings. The highest BCUT2D eigenvalue weighted by Crippen LogP contribution is 2.18. The zero-order chi connectivity index (χ0) is 13.5. The molecular weight excluding hydrogens is 240 g/mol. The van der Waals surface area contributed by atoms with Crippen molar-refractivity contribution in [2.75, 3.05) is 26.2 Å². The largest absolute Gasteiger partial charge is 0.396 e. The van der Waals surface area contributed by atoms with E-state index in [0.29, 0.717) is 13.0 Å². The zero-order valence-corrected chi connectivity index (χ0v) is 11.2. The molecule has 2 N–H and O–H groups in total. The van der Waals surface area contributed by atoms with Gasteiger partial charge in [0.1, 0.15) is 0 Å². The Morgan fingerprint density at radius 1 is 1.32 bits per heavy atom. The number of nitrogens with one attached hydrogen (secondary N) is 1. The van der Waals surface area contributed by atoms with Gasteiger partial charge in [-0.2, -0.15) is 0 Å². The summed E-state index contributed by atoms with van der Waals surface area (Å²) in [5.41, 5.74) is 1.19. The van der Waals surface area contributed by atoms with Gasteiger partial charge in [-0.1, -0.05) is 30.3 Å². The molecule has 0 radical (unpaired) electrons. The molecule has 1 aromatic rings. The van der Waals surface area contributed by atoms with Crippen LogP contribution < -0.4 is 5.32 Å². The van der Waals surface area contributed by atoms with Gasteiger partial charge in [0.25, 0.3) is 0 Å². The number of likely N-dealkylation sites (tertiary alicyclic amines) is 1. The van der Waals surface area contributed by atoms with Crippen molar-refractivity contribution in [2.45, 2.75) is 25.3 Å². The molecule has 1 aliphatic rings. The van der Waals surface area contributed by atoms with E-state index in [1.165, 1.54) is 5.56 Å². The van der Waals surface area contributed by atoms with Crippen molar-refractivity contribution in [3.05, 3.63) is 35.9 Å². The van der Waals surface area contributed by atoms with Crippen molar-refractivity contribution in [2.24, 2.45) is 0 Å². The van der Waals surface area contributed by atoms with Gasteiger partial charge in [0.2, 0.25) is 5.91 Å². The molecule has 1 aromatic carbocycles. The smallest absolute Gasteiger partial charge is 0.222 e. The van der Waals surface area contributed by atoms with Crippen molar-refractivity contribution in [1.29, 1.82) is 0 Å². The highest BCUT2D eigenvalue weighted by Gasteiger charge is 2.23. The summed E-state index contributed by atoms with van der Waals surface area (Å²) in [6, 6.07) is 10.3. The number of amides is 1. The highest BCUT2D eigenvalue weighted by atomic mass is 16.3. The van der Waals surface area contributed by atoms with Crippen molar-refractivity contribution in [1.82, 2.24) is 10.2 Å². The van der Waals surface area contributed by atoms with Gasteiger partial charge in [-0.3, -0.25) is 4.79 Å². The summed E-state index contributed by atoms with van der Waals surface area (Å²) in [5.74, 6) is 0.255. The second-order valence-corrected chi connectivity index (χ2v) is 4.94. The Morgan fingerprint density at radius 3 is 2.74 bits per heavy atom. The molecule has 104 valence electrons. The Balaban J connectivity index is 1.99. The molecule has 0 saturated carbocycles. The van der Waals surface area contributed by atoms with Crippen LogP contribution in [0.4, 0.5) is 0 Å². The summed E-state index contributed by atoms with van der Waals surface area (Å²) in [4.78, 5) is 13.7. The van der Waals surface area contributed by atoms with Gasteiger partial charge in [-0.15, -0.1) is 0 Å². The van der Waals surface area contributed by atoms with Gasteiger partial charge < -0.3 is 15.3 Å². The molecule has 1 aliphatic heterocycles. The summed E-state index contributed by atoms with van der Waals surface area (Å²) in [7, 11) is 0. The van der Waals surface area contributed by atoms with E-state index in [9.17, 15) is 4.79 Å². The van der Waals surface area contributed by atoms with Crippen LogP contribution in [0.25, 0.3) is 0 Å². The van der Waals surface area contributed by atoms with E-state index in [-0.39, 0.29) is 18.6 Å². The number of rotatable bonds is 7. The first-order chi connectivity index (χ1) is 9.31. The molecule has 0 aliphatic carbocycles. The van der Waals surface area contributed by atoms with E-state index in [1.54, 1.807) is 0 Å². The van der Waals surface area contributed by atoms with Crippen LogP contribution in [0.2, 0.25) is 0 Å². The number of hydrogen-bond donors (Lipinski definition) is 2. The third-order valence-corrected chi connectivity index (χ3v) is 3.50. The van der Waals surface area contributed by atoms with Gasteiger partial charge in [0.05, 0.1) is 0 Å². The quantitative estimate of drug-likeness (QED) is 0.729. The van der Waals surface area contributed by atoms with Crippen molar-refractivity contribution >= 4 is 5.91 Å². The van der Waals surface area contributed by atoms with Gasteiger partial charge in [0, 0.05) is 32.2 Å². The highest BCUT2D eigenvalue weighted by molar-refractivity contribution is 5.78. The second kappa shape index (κ2) is 7.26. The standard InChI is InChI=1S/C15H22N2O2/c18-11-5-9-16-14(13-6-2-1-3-7-13)12-17-10-4-8-15(17)19/h1-3,6-7,14,16,18H,4-5,8-12H2. The molecular formula is C15H22N2O2. The minimum Gasteiger partial charge on any atom is -0.396 e. The lowest BCUT2D eigenvalue weighted by molar-refractivity contribution is -0.128. The van der Waals surface area contributed by atoms with Crippen LogP contribution in [0.15, 0.2) is 30.3 Å². The molecule has 0 bridgehead atoms. The summed E-state index contributed by atoms with van der Waals surface area (Å²) >= 11 is 0. The summed E-state index contributed by atoms with van der Waals surface area (Å²) in [6.07, 6.45) is 2.38. The normalized spacial score (nSPS) is 16.9. The number of hydrogen-bond acceptors (Lipinski definition) is 3. The number of aliphatic hydroxyl groups is 1. The van der Waals surface area contributed by atoms with Crippen LogP contribution in [-0.4, -0.2) is 42.2 Å². The molecule has 4 heteroatoms. The maximum Gasteiger partial charge on any atom is 0.222 e. The fraction of sp³-hybridized carbons (Fsp3) is 0.533. The lowest BCUT2D eigenvalue weighted by Gasteiger charge is -2.25. The molecule has 19 heavy (non-hydrogen) atoms. The van der Waals surface area contributed by atoms with Gasteiger partial charge >= 0.3 is 0 Å². The molecule has 1 unspecified atom stereocenters. The topological polar surface area (TPSA) is 52.6 Å². The number of benzene rings is 1. The average molecular weight is 262 g/mol. The van der Waals surface area contributed by atoms with E-state index >= 15 is 0 Å². The van der Waals surface area contributed by atoms with E-state index in [2.05, 4.69) is 17.4 Å². The number of nitrogens with zero attached hydrogens (tertiary/aromatic N) is 1. The Hall–Kier alpha value is -1.39. The van der Waals surface area contributed by atoms with E-state index in [1.807, 2.05) is 23.1 Å². The first kappa shape index (κ1) is 14.0. The predicted octanol–water partition coefficient (Wildman–Crippen LogP) is 1.32. The fourth-order valence-electron chi connectivity index (χ4n) is 2.45. The maximum absolute atomic E-state index is 11.7. The molecule has 0 aromatic heterocycles. The molecule has 0 spiro atoms. The zero-order valence-electron chi connectivity index (χ0n) is 11.2. The van der Waals surface area contributed by atoms with E-state index in [0.717, 1.165) is 25.9 Å². The third kappa shape index (κ3) is 4.04. The van der Waals surface area contributed by atoms with Crippen LogP contribution in [-0.2, 0) is 4.79 Å². The van der Waals surface area contributed by atoms with Crippen LogP contribution in [0.3, 0.4) is 0 Å². The first-order valence-electron chi connectivity index (χ1n) is 6.98. The maximum atomic E-state index is 11.7.